The number of carbonyl (C=O) groups excluding carboxylic acids is 1. The first-order valence-corrected chi connectivity index (χ1v) is 10.1. The molecule has 1 fully saturated rings. The van der Waals surface area contributed by atoms with E-state index in [0.29, 0.717) is 16.1 Å². The summed E-state index contributed by atoms with van der Waals surface area (Å²) in [5.74, 6) is 1.03. The molecule has 4 rings (SSSR count). The molecule has 5 heteroatoms. The molecule has 1 saturated heterocycles. The normalized spacial score (nSPS) is 16.2. The van der Waals surface area contributed by atoms with Gasteiger partial charge in [-0.25, -0.2) is 4.98 Å². The summed E-state index contributed by atoms with van der Waals surface area (Å²) in [5, 5.41) is 10.6. The first-order valence-electron chi connectivity index (χ1n) is 9.77. The molecule has 4 nitrogen and oxygen atoms in total. The van der Waals surface area contributed by atoms with Crippen molar-refractivity contribution in [2.75, 3.05) is 18.0 Å². The topological polar surface area (TPSA) is 53.4 Å². The molecule has 0 bridgehead atoms. The number of benzene rings is 2. The minimum atomic E-state index is -0.0921. The van der Waals surface area contributed by atoms with Crippen LogP contribution >= 0.6 is 11.6 Å². The summed E-state index contributed by atoms with van der Waals surface area (Å²) >= 11 is 6.30. The number of anilines is 1. The quantitative estimate of drug-likeness (QED) is 0.620. The Morgan fingerprint density at radius 2 is 1.93 bits per heavy atom. The van der Waals surface area contributed by atoms with Crippen molar-refractivity contribution in [1.82, 2.24) is 4.98 Å². The Balaban J connectivity index is 1.57. The highest BCUT2D eigenvalue weighted by atomic mass is 35.5. The molecular weight excluding hydrogens is 384 g/mol. The molecule has 1 unspecified atom stereocenters. The van der Waals surface area contributed by atoms with Crippen molar-refractivity contribution in [3.05, 3.63) is 93.6 Å². The number of halogens is 1. The number of rotatable bonds is 5. The van der Waals surface area contributed by atoms with Crippen molar-refractivity contribution in [2.24, 2.45) is 0 Å². The van der Waals surface area contributed by atoms with Crippen LogP contribution < -0.4 is 4.90 Å². The largest absolute Gasteiger partial charge is 0.392 e. The van der Waals surface area contributed by atoms with Crippen LogP contribution in [0.25, 0.3) is 0 Å². The monoisotopic (exact) mass is 406 g/mol. The van der Waals surface area contributed by atoms with E-state index in [9.17, 15) is 9.90 Å². The average Bonchev–Trinajstić information content (AvgIpc) is 3.23. The van der Waals surface area contributed by atoms with E-state index in [1.165, 1.54) is 0 Å². The Labute approximate surface area is 175 Å². The maximum atomic E-state index is 12.8. The van der Waals surface area contributed by atoms with Crippen LogP contribution in [0.3, 0.4) is 0 Å². The van der Waals surface area contributed by atoms with Gasteiger partial charge in [0.25, 0.3) is 0 Å². The molecule has 1 aliphatic heterocycles. The van der Waals surface area contributed by atoms with Crippen molar-refractivity contribution in [3.8, 4) is 0 Å². The van der Waals surface area contributed by atoms with E-state index in [4.69, 9.17) is 11.6 Å². The number of hydrogen-bond donors (Lipinski definition) is 1. The highest BCUT2D eigenvalue weighted by molar-refractivity contribution is 6.32. The van der Waals surface area contributed by atoms with Crippen LogP contribution in [-0.4, -0.2) is 29.0 Å². The maximum Gasteiger partial charge on any atom is 0.193 e. The van der Waals surface area contributed by atoms with E-state index in [0.717, 1.165) is 42.0 Å². The molecule has 3 aromatic rings. The van der Waals surface area contributed by atoms with Crippen LogP contribution in [0.15, 0.2) is 60.8 Å². The van der Waals surface area contributed by atoms with Gasteiger partial charge < -0.3 is 10.0 Å². The van der Waals surface area contributed by atoms with Gasteiger partial charge in [-0.05, 0) is 42.7 Å². The standard InChI is InChI=1S/C24H23ClN2O2/c1-16-4-6-17(7-5-16)23(29)18-8-9-21(20(13-18)15-28)19-10-12-27(14-19)24-22(25)3-2-11-26-24/h2-9,11,13,19,28H,10,12,14-15H2,1H3. The fourth-order valence-electron chi connectivity index (χ4n) is 3.97. The predicted molar refractivity (Wildman–Crippen MR) is 116 cm³/mol. The van der Waals surface area contributed by atoms with Crippen molar-refractivity contribution in [3.63, 3.8) is 0 Å². The summed E-state index contributed by atoms with van der Waals surface area (Å²) in [5.41, 5.74) is 4.27. The Hall–Kier alpha value is -2.69. The number of ketones is 1. The number of pyridine rings is 1. The molecule has 1 aromatic heterocycles. The molecular formula is C24H23ClN2O2. The number of aliphatic hydroxyl groups is 1. The third kappa shape index (κ3) is 4.04. The van der Waals surface area contributed by atoms with E-state index < -0.39 is 0 Å². The van der Waals surface area contributed by atoms with E-state index in [-0.39, 0.29) is 18.3 Å². The number of aromatic nitrogens is 1. The predicted octanol–water partition coefficient (Wildman–Crippen LogP) is 4.76. The third-order valence-electron chi connectivity index (χ3n) is 5.56. The number of nitrogens with zero attached hydrogens (tertiary/aromatic N) is 2. The van der Waals surface area contributed by atoms with Gasteiger partial charge in [-0.2, -0.15) is 0 Å². The summed E-state index contributed by atoms with van der Waals surface area (Å²) < 4.78 is 0. The average molecular weight is 407 g/mol. The van der Waals surface area contributed by atoms with Crippen molar-refractivity contribution in [2.45, 2.75) is 25.9 Å². The lowest BCUT2D eigenvalue weighted by Crippen LogP contribution is -2.21. The van der Waals surface area contributed by atoms with E-state index >= 15 is 0 Å². The molecule has 2 aromatic carbocycles. The van der Waals surface area contributed by atoms with Crippen molar-refractivity contribution < 1.29 is 9.90 Å². The zero-order valence-corrected chi connectivity index (χ0v) is 17.1. The molecule has 1 N–H and O–H groups in total. The number of hydrogen-bond acceptors (Lipinski definition) is 4. The second-order valence-corrected chi connectivity index (χ2v) is 7.91. The second kappa shape index (κ2) is 8.36. The Morgan fingerprint density at radius 1 is 1.17 bits per heavy atom. The Kier molecular flexibility index (Phi) is 5.65. The van der Waals surface area contributed by atoms with E-state index in [2.05, 4.69) is 9.88 Å². The van der Waals surface area contributed by atoms with Crippen LogP contribution in [0, 0.1) is 6.92 Å². The minimum absolute atomic E-state index is 0.0282. The van der Waals surface area contributed by atoms with Crippen LogP contribution in [0.4, 0.5) is 5.82 Å². The van der Waals surface area contributed by atoms with Crippen LogP contribution in [0.5, 0.6) is 0 Å². The zero-order valence-electron chi connectivity index (χ0n) is 16.3. The molecule has 29 heavy (non-hydrogen) atoms. The van der Waals surface area contributed by atoms with Crippen LogP contribution in [0.1, 0.15) is 45.0 Å². The first-order chi connectivity index (χ1) is 14.1. The second-order valence-electron chi connectivity index (χ2n) is 7.51. The van der Waals surface area contributed by atoms with Gasteiger partial charge in [0.15, 0.2) is 5.78 Å². The van der Waals surface area contributed by atoms with Gasteiger partial charge in [0.2, 0.25) is 0 Å². The summed E-state index contributed by atoms with van der Waals surface area (Å²) in [6.07, 6.45) is 2.70. The lowest BCUT2D eigenvalue weighted by molar-refractivity contribution is 0.103. The van der Waals surface area contributed by atoms with Crippen molar-refractivity contribution in [1.29, 1.82) is 0 Å². The zero-order chi connectivity index (χ0) is 20.4. The third-order valence-corrected chi connectivity index (χ3v) is 5.85. The van der Waals surface area contributed by atoms with Crippen LogP contribution in [-0.2, 0) is 6.61 Å². The van der Waals surface area contributed by atoms with Gasteiger partial charge in [0, 0.05) is 36.3 Å². The van der Waals surface area contributed by atoms with Gasteiger partial charge >= 0.3 is 0 Å². The van der Waals surface area contributed by atoms with Gasteiger partial charge in [-0.1, -0.05) is 53.6 Å². The van der Waals surface area contributed by atoms with Gasteiger partial charge in [-0.3, -0.25) is 4.79 Å². The summed E-state index contributed by atoms with van der Waals surface area (Å²) in [6, 6.07) is 16.9. The molecule has 2 heterocycles. The molecule has 0 aliphatic carbocycles. The number of carbonyl (C=O) groups is 1. The first kappa shape index (κ1) is 19.6. The molecule has 0 spiro atoms. The lowest BCUT2D eigenvalue weighted by atomic mass is 9.90. The van der Waals surface area contributed by atoms with Crippen molar-refractivity contribution >= 4 is 23.2 Å². The molecule has 1 aliphatic rings. The van der Waals surface area contributed by atoms with Gasteiger partial charge in [-0.15, -0.1) is 0 Å². The summed E-state index contributed by atoms with van der Waals surface area (Å²) in [4.78, 5) is 19.4. The lowest BCUT2D eigenvalue weighted by Gasteiger charge is -2.20. The Morgan fingerprint density at radius 3 is 2.66 bits per heavy atom. The van der Waals surface area contributed by atoms with Gasteiger partial charge in [0.1, 0.15) is 5.82 Å². The molecule has 1 atom stereocenters. The maximum absolute atomic E-state index is 12.8. The van der Waals surface area contributed by atoms with Crippen LogP contribution in [0.2, 0.25) is 5.02 Å². The number of aliphatic hydroxyl groups excluding tert-OH is 1. The van der Waals surface area contributed by atoms with Gasteiger partial charge in [0.05, 0.1) is 11.6 Å². The minimum Gasteiger partial charge on any atom is -0.392 e. The fourth-order valence-corrected chi connectivity index (χ4v) is 4.21. The molecule has 0 amide bonds. The molecule has 148 valence electrons. The summed E-state index contributed by atoms with van der Waals surface area (Å²) in [7, 11) is 0. The van der Waals surface area contributed by atoms with E-state index in [1.54, 1.807) is 6.20 Å². The Bertz CT molecular complexity index is 1030. The number of aryl methyl sites for hydroxylation is 1. The van der Waals surface area contributed by atoms with E-state index in [1.807, 2.05) is 61.5 Å². The summed E-state index contributed by atoms with van der Waals surface area (Å²) in [6.45, 7) is 3.55. The highest BCUT2D eigenvalue weighted by Crippen LogP contribution is 2.34. The molecule has 0 radical (unpaired) electrons. The molecule has 0 saturated carbocycles. The smallest absolute Gasteiger partial charge is 0.193 e. The SMILES string of the molecule is Cc1ccc(C(=O)c2ccc(C3CCN(c4ncccc4Cl)C3)c(CO)c2)cc1. The highest BCUT2D eigenvalue weighted by Gasteiger charge is 2.28. The fraction of sp³-hybridized carbons (Fsp3) is 0.250.